The van der Waals surface area contributed by atoms with Crippen LogP contribution in [0.5, 0.6) is 0 Å². The zero-order valence-corrected chi connectivity index (χ0v) is 13.4. The maximum absolute atomic E-state index is 12.1. The average molecular weight is 335 g/mol. The third kappa shape index (κ3) is 4.78. The van der Waals surface area contributed by atoms with E-state index >= 15 is 0 Å². The molecule has 0 spiro atoms. The van der Waals surface area contributed by atoms with Gasteiger partial charge in [-0.05, 0) is 48.4 Å². The zero-order valence-electron chi connectivity index (χ0n) is 13.4. The SMILES string of the molecule is O=C(CCc1cccnc1)Nc1cccc(NC(=O)c2ccco2)c1. The number of carbonyl (C=O) groups excluding carboxylic acids is 2. The van der Waals surface area contributed by atoms with Gasteiger partial charge >= 0.3 is 0 Å². The summed E-state index contributed by atoms with van der Waals surface area (Å²) < 4.78 is 5.05. The first-order valence-corrected chi connectivity index (χ1v) is 7.84. The van der Waals surface area contributed by atoms with Gasteiger partial charge in [-0.1, -0.05) is 12.1 Å². The van der Waals surface area contributed by atoms with Gasteiger partial charge in [-0.2, -0.15) is 0 Å². The number of hydrogen-bond donors (Lipinski definition) is 2. The smallest absolute Gasteiger partial charge is 0.291 e. The van der Waals surface area contributed by atoms with E-state index in [2.05, 4.69) is 15.6 Å². The summed E-state index contributed by atoms with van der Waals surface area (Å²) in [5.41, 5.74) is 2.21. The lowest BCUT2D eigenvalue weighted by Crippen LogP contribution is -2.14. The van der Waals surface area contributed by atoms with Crippen molar-refractivity contribution in [1.82, 2.24) is 4.98 Å². The molecule has 0 atom stereocenters. The second kappa shape index (κ2) is 7.92. The molecule has 2 amide bonds. The van der Waals surface area contributed by atoms with E-state index in [-0.39, 0.29) is 17.6 Å². The molecule has 0 aliphatic rings. The van der Waals surface area contributed by atoms with Crippen molar-refractivity contribution in [3.8, 4) is 0 Å². The van der Waals surface area contributed by atoms with Gasteiger partial charge < -0.3 is 15.1 Å². The zero-order chi connectivity index (χ0) is 17.5. The lowest BCUT2D eigenvalue weighted by Gasteiger charge is -2.08. The van der Waals surface area contributed by atoms with Gasteiger partial charge in [0.05, 0.1) is 6.26 Å². The maximum atomic E-state index is 12.1. The Morgan fingerprint density at radius 2 is 1.84 bits per heavy atom. The normalized spacial score (nSPS) is 10.2. The lowest BCUT2D eigenvalue weighted by atomic mass is 10.1. The fourth-order valence-corrected chi connectivity index (χ4v) is 2.30. The Morgan fingerprint density at radius 1 is 1.00 bits per heavy atom. The fourth-order valence-electron chi connectivity index (χ4n) is 2.30. The summed E-state index contributed by atoms with van der Waals surface area (Å²) in [4.78, 5) is 28.1. The predicted molar refractivity (Wildman–Crippen MR) is 94.3 cm³/mol. The lowest BCUT2D eigenvalue weighted by molar-refractivity contribution is -0.116. The van der Waals surface area contributed by atoms with E-state index < -0.39 is 0 Å². The molecule has 2 heterocycles. The summed E-state index contributed by atoms with van der Waals surface area (Å²) in [5.74, 6) is -0.214. The Balaban J connectivity index is 1.56. The highest BCUT2D eigenvalue weighted by molar-refractivity contribution is 6.02. The summed E-state index contributed by atoms with van der Waals surface area (Å²) >= 11 is 0. The van der Waals surface area contributed by atoms with Crippen LogP contribution in [-0.4, -0.2) is 16.8 Å². The van der Waals surface area contributed by atoms with Crippen LogP contribution >= 0.6 is 0 Å². The van der Waals surface area contributed by atoms with Gasteiger partial charge in [0.2, 0.25) is 5.91 Å². The molecule has 2 N–H and O–H groups in total. The molecule has 25 heavy (non-hydrogen) atoms. The molecule has 6 nitrogen and oxygen atoms in total. The van der Waals surface area contributed by atoms with Crippen molar-refractivity contribution < 1.29 is 14.0 Å². The van der Waals surface area contributed by atoms with E-state index in [1.54, 1.807) is 48.8 Å². The average Bonchev–Trinajstić information content (AvgIpc) is 3.16. The van der Waals surface area contributed by atoms with E-state index in [4.69, 9.17) is 4.42 Å². The highest BCUT2D eigenvalue weighted by Gasteiger charge is 2.09. The summed E-state index contributed by atoms with van der Waals surface area (Å²) in [6, 6.07) is 14.0. The minimum atomic E-state index is -0.343. The van der Waals surface area contributed by atoms with Crippen molar-refractivity contribution in [2.45, 2.75) is 12.8 Å². The Labute approximate surface area is 144 Å². The molecule has 3 rings (SSSR count). The Bertz CT molecular complexity index is 845. The molecule has 0 saturated carbocycles. The number of nitrogens with one attached hydrogen (secondary N) is 2. The first-order valence-electron chi connectivity index (χ1n) is 7.84. The van der Waals surface area contributed by atoms with Crippen LogP contribution in [0.15, 0.2) is 71.6 Å². The van der Waals surface area contributed by atoms with Crippen LogP contribution in [0.25, 0.3) is 0 Å². The van der Waals surface area contributed by atoms with E-state index in [9.17, 15) is 9.59 Å². The number of nitrogens with zero attached hydrogens (tertiary/aromatic N) is 1. The molecule has 2 aromatic heterocycles. The summed E-state index contributed by atoms with van der Waals surface area (Å²) in [7, 11) is 0. The molecule has 0 radical (unpaired) electrons. The standard InChI is InChI=1S/C19H17N3O3/c23-18(9-8-14-4-2-10-20-13-14)21-15-5-1-6-16(12-15)22-19(24)17-7-3-11-25-17/h1-7,10-13H,8-9H2,(H,21,23)(H,22,24). The van der Waals surface area contributed by atoms with Crippen molar-refractivity contribution in [3.63, 3.8) is 0 Å². The number of hydrogen-bond acceptors (Lipinski definition) is 4. The Kier molecular flexibility index (Phi) is 5.21. The predicted octanol–water partition coefficient (Wildman–Crippen LogP) is 3.50. The van der Waals surface area contributed by atoms with Gasteiger partial charge in [-0.15, -0.1) is 0 Å². The van der Waals surface area contributed by atoms with Crippen LogP contribution in [0.4, 0.5) is 11.4 Å². The number of anilines is 2. The summed E-state index contributed by atoms with van der Waals surface area (Å²) in [6.07, 6.45) is 5.86. The minimum absolute atomic E-state index is 0.0987. The first-order chi connectivity index (χ1) is 12.2. The molecule has 6 heteroatoms. The van der Waals surface area contributed by atoms with E-state index in [0.717, 1.165) is 5.56 Å². The molecule has 0 unspecified atom stereocenters. The molecule has 126 valence electrons. The molecule has 0 aliphatic carbocycles. The minimum Gasteiger partial charge on any atom is -0.459 e. The molecule has 1 aromatic carbocycles. The van der Waals surface area contributed by atoms with Crippen molar-refractivity contribution >= 4 is 23.2 Å². The number of amides is 2. The van der Waals surface area contributed by atoms with Gasteiger partial charge in [0.1, 0.15) is 0 Å². The van der Waals surface area contributed by atoms with Gasteiger partial charge in [-0.3, -0.25) is 14.6 Å². The largest absolute Gasteiger partial charge is 0.459 e. The molecular weight excluding hydrogens is 318 g/mol. The van der Waals surface area contributed by atoms with Crippen molar-refractivity contribution in [2.24, 2.45) is 0 Å². The van der Waals surface area contributed by atoms with E-state index in [1.165, 1.54) is 6.26 Å². The van der Waals surface area contributed by atoms with Gasteiger partial charge in [0.15, 0.2) is 5.76 Å². The maximum Gasteiger partial charge on any atom is 0.291 e. The summed E-state index contributed by atoms with van der Waals surface area (Å²) in [6.45, 7) is 0. The first kappa shape index (κ1) is 16.4. The number of aryl methyl sites for hydroxylation is 1. The summed E-state index contributed by atoms with van der Waals surface area (Å²) in [5, 5.41) is 5.55. The highest BCUT2D eigenvalue weighted by Crippen LogP contribution is 2.17. The molecular formula is C19H17N3O3. The van der Waals surface area contributed by atoms with E-state index in [0.29, 0.717) is 24.2 Å². The van der Waals surface area contributed by atoms with Crippen molar-refractivity contribution in [3.05, 3.63) is 78.5 Å². The molecule has 0 bridgehead atoms. The monoisotopic (exact) mass is 335 g/mol. The van der Waals surface area contributed by atoms with Crippen LogP contribution in [0, 0.1) is 0 Å². The molecule has 0 saturated heterocycles. The van der Waals surface area contributed by atoms with Gasteiger partial charge in [-0.25, -0.2) is 0 Å². The number of carbonyl (C=O) groups is 2. The number of benzene rings is 1. The topological polar surface area (TPSA) is 84.2 Å². The van der Waals surface area contributed by atoms with Crippen LogP contribution < -0.4 is 10.6 Å². The van der Waals surface area contributed by atoms with Crippen LogP contribution in [-0.2, 0) is 11.2 Å². The molecule has 0 fully saturated rings. The Morgan fingerprint density at radius 3 is 2.56 bits per heavy atom. The Hall–Kier alpha value is -3.41. The number of pyridine rings is 1. The van der Waals surface area contributed by atoms with Gasteiger partial charge in [0.25, 0.3) is 5.91 Å². The molecule has 0 aliphatic heterocycles. The van der Waals surface area contributed by atoms with E-state index in [1.807, 2.05) is 12.1 Å². The van der Waals surface area contributed by atoms with Crippen LogP contribution in [0.1, 0.15) is 22.5 Å². The number of aromatic nitrogens is 1. The number of rotatable bonds is 6. The van der Waals surface area contributed by atoms with Crippen molar-refractivity contribution in [1.29, 1.82) is 0 Å². The molecule has 3 aromatic rings. The van der Waals surface area contributed by atoms with Crippen LogP contribution in [0.2, 0.25) is 0 Å². The van der Waals surface area contributed by atoms with Crippen molar-refractivity contribution in [2.75, 3.05) is 10.6 Å². The second-order valence-corrected chi connectivity index (χ2v) is 5.42. The second-order valence-electron chi connectivity index (χ2n) is 5.42. The van der Waals surface area contributed by atoms with Gasteiger partial charge in [0, 0.05) is 30.2 Å². The quantitative estimate of drug-likeness (QED) is 0.722. The third-order valence-electron chi connectivity index (χ3n) is 3.51. The third-order valence-corrected chi connectivity index (χ3v) is 3.51. The fraction of sp³-hybridized carbons (Fsp3) is 0.105. The van der Waals surface area contributed by atoms with Crippen LogP contribution in [0.3, 0.4) is 0 Å². The highest BCUT2D eigenvalue weighted by atomic mass is 16.3. The number of furan rings is 1.